The number of rotatable bonds is 9. The molecular weight excluding hydrogens is 316 g/mol. The van der Waals surface area contributed by atoms with E-state index in [4.69, 9.17) is 4.74 Å². The van der Waals surface area contributed by atoms with Crippen LogP contribution in [0.1, 0.15) is 6.42 Å². The van der Waals surface area contributed by atoms with Crippen molar-refractivity contribution in [3.8, 4) is 5.75 Å². The Labute approximate surface area is 138 Å². The number of hydrogen-bond acceptors (Lipinski definition) is 4. The number of benzene rings is 1. The van der Waals surface area contributed by atoms with Gasteiger partial charge >= 0.3 is 0 Å². The Morgan fingerprint density at radius 3 is 2.57 bits per heavy atom. The minimum Gasteiger partial charge on any atom is -0.492 e. The van der Waals surface area contributed by atoms with Crippen LogP contribution in [0.15, 0.2) is 35.3 Å². The van der Waals surface area contributed by atoms with E-state index in [-0.39, 0.29) is 0 Å². The lowest BCUT2D eigenvalue weighted by Gasteiger charge is -2.22. The van der Waals surface area contributed by atoms with Gasteiger partial charge in [-0.05, 0) is 18.6 Å². The highest BCUT2D eigenvalue weighted by Crippen LogP contribution is 2.07. The van der Waals surface area contributed by atoms with E-state index in [0.717, 1.165) is 18.0 Å². The van der Waals surface area contributed by atoms with E-state index in [1.807, 2.05) is 42.3 Å². The monoisotopic (exact) mass is 342 g/mol. The zero-order valence-corrected chi connectivity index (χ0v) is 14.8. The Balaban J connectivity index is 2.23. The molecule has 23 heavy (non-hydrogen) atoms. The summed E-state index contributed by atoms with van der Waals surface area (Å²) in [6.45, 7) is 2.29. The molecule has 0 heterocycles. The number of ether oxygens (including phenoxy) is 1. The SMILES string of the molecule is CN=C(NCCCNS(C)(=O)=O)N(C)CCOc1ccccc1. The summed E-state index contributed by atoms with van der Waals surface area (Å²) in [5, 5.41) is 3.19. The zero-order chi connectivity index (χ0) is 17.1. The Morgan fingerprint density at radius 1 is 1.26 bits per heavy atom. The van der Waals surface area contributed by atoms with Crippen LogP contribution in [0, 0.1) is 0 Å². The lowest BCUT2D eigenvalue weighted by molar-refractivity contribution is 0.281. The van der Waals surface area contributed by atoms with Gasteiger partial charge in [0.1, 0.15) is 12.4 Å². The summed E-state index contributed by atoms with van der Waals surface area (Å²) in [4.78, 5) is 6.16. The number of likely N-dealkylation sites (N-methyl/N-ethyl adjacent to an activating group) is 1. The smallest absolute Gasteiger partial charge is 0.208 e. The van der Waals surface area contributed by atoms with Crippen LogP contribution < -0.4 is 14.8 Å². The van der Waals surface area contributed by atoms with Crippen molar-refractivity contribution < 1.29 is 13.2 Å². The van der Waals surface area contributed by atoms with Gasteiger partial charge in [-0.15, -0.1) is 0 Å². The number of sulfonamides is 1. The molecule has 0 unspecified atom stereocenters. The fourth-order valence-electron chi connectivity index (χ4n) is 1.85. The number of para-hydroxylation sites is 1. The first-order chi connectivity index (χ1) is 10.9. The van der Waals surface area contributed by atoms with Crippen molar-refractivity contribution in [1.29, 1.82) is 0 Å². The minimum absolute atomic E-state index is 0.406. The second-order valence-corrected chi connectivity index (χ2v) is 6.91. The van der Waals surface area contributed by atoms with Crippen molar-refractivity contribution in [2.45, 2.75) is 6.42 Å². The molecule has 0 aliphatic carbocycles. The lowest BCUT2D eigenvalue weighted by Crippen LogP contribution is -2.41. The van der Waals surface area contributed by atoms with Crippen LogP contribution in [0.25, 0.3) is 0 Å². The molecule has 0 aromatic heterocycles. The zero-order valence-electron chi connectivity index (χ0n) is 13.9. The standard InChI is InChI=1S/C15H26N4O3S/c1-16-15(17-10-7-11-18-23(3,20)21)19(2)12-13-22-14-8-5-4-6-9-14/h4-6,8-9,18H,7,10-13H2,1-3H3,(H,16,17). The lowest BCUT2D eigenvalue weighted by atomic mass is 10.3. The largest absolute Gasteiger partial charge is 0.492 e. The fourth-order valence-corrected chi connectivity index (χ4v) is 2.37. The van der Waals surface area contributed by atoms with Crippen LogP contribution in [-0.2, 0) is 10.0 Å². The third-order valence-electron chi connectivity index (χ3n) is 3.01. The van der Waals surface area contributed by atoms with Gasteiger partial charge in [-0.2, -0.15) is 0 Å². The first-order valence-corrected chi connectivity index (χ1v) is 9.36. The van der Waals surface area contributed by atoms with Crippen LogP contribution in [-0.4, -0.2) is 65.9 Å². The second kappa shape index (κ2) is 10.1. The highest BCUT2D eigenvalue weighted by atomic mass is 32.2. The summed E-state index contributed by atoms with van der Waals surface area (Å²) in [7, 11) is 0.523. The molecule has 0 saturated carbocycles. The topological polar surface area (TPSA) is 83.0 Å². The van der Waals surface area contributed by atoms with Crippen LogP contribution in [0.3, 0.4) is 0 Å². The Bertz CT molecular complexity index is 576. The minimum atomic E-state index is -3.12. The first kappa shape index (κ1) is 19.2. The Morgan fingerprint density at radius 2 is 1.96 bits per heavy atom. The summed E-state index contributed by atoms with van der Waals surface area (Å²) >= 11 is 0. The summed E-state index contributed by atoms with van der Waals surface area (Å²) in [5.74, 6) is 1.59. The molecule has 0 amide bonds. The number of aliphatic imine (C=N–C) groups is 1. The molecule has 2 N–H and O–H groups in total. The number of guanidine groups is 1. The third-order valence-corrected chi connectivity index (χ3v) is 3.74. The highest BCUT2D eigenvalue weighted by Gasteiger charge is 2.05. The van der Waals surface area contributed by atoms with Gasteiger partial charge in [0.05, 0.1) is 12.8 Å². The average Bonchev–Trinajstić information content (AvgIpc) is 2.50. The predicted molar refractivity (Wildman–Crippen MR) is 93.4 cm³/mol. The normalized spacial score (nSPS) is 12.0. The molecule has 1 aromatic rings. The van der Waals surface area contributed by atoms with Crippen molar-refractivity contribution in [1.82, 2.24) is 14.9 Å². The summed E-state index contributed by atoms with van der Waals surface area (Å²) in [6.07, 6.45) is 1.83. The van der Waals surface area contributed by atoms with Gasteiger partial charge < -0.3 is 15.0 Å². The molecule has 1 aromatic carbocycles. The van der Waals surface area contributed by atoms with Crippen molar-refractivity contribution in [3.05, 3.63) is 30.3 Å². The summed E-state index contributed by atoms with van der Waals surface area (Å²) < 4.78 is 30.0. The molecule has 0 spiro atoms. The third kappa shape index (κ3) is 9.04. The molecule has 7 nitrogen and oxygen atoms in total. The van der Waals surface area contributed by atoms with Crippen molar-refractivity contribution in [2.24, 2.45) is 4.99 Å². The van der Waals surface area contributed by atoms with E-state index < -0.39 is 10.0 Å². The first-order valence-electron chi connectivity index (χ1n) is 7.46. The van der Waals surface area contributed by atoms with Crippen molar-refractivity contribution in [3.63, 3.8) is 0 Å². The van der Waals surface area contributed by atoms with Crippen LogP contribution >= 0.6 is 0 Å². The molecule has 0 bridgehead atoms. The van der Waals surface area contributed by atoms with E-state index in [9.17, 15) is 8.42 Å². The molecule has 8 heteroatoms. The number of hydrogen-bond donors (Lipinski definition) is 2. The van der Waals surface area contributed by atoms with E-state index in [0.29, 0.717) is 32.7 Å². The Hall–Kier alpha value is -1.80. The van der Waals surface area contributed by atoms with Gasteiger partial charge in [0.25, 0.3) is 0 Å². The van der Waals surface area contributed by atoms with Gasteiger partial charge in [-0.3, -0.25) is 4.99 Å². The molecular formula is C15H26N4O3S. The van der Waals surface area contributed by atoms with Crippen LogP contribution in [0.2, 0.25) is 0 Å². The fraction of sp³-hybridized carbons (Fsp3) is 0.533. The molecule has 0 atom stereocenters. The maximum Gasteiger partial charge on any atom is 0.208 e. The van der Waals surface area contributed by atoms with Crippen molar-refractivity contribution >= 4 is 16.0 Å². The van der Waals surface area contributed by atoms with Gasteiger partial charge in [0.2, 0.25) is 10.0 Å². The van der Waals surface area contributed by atoms with Gasteiger partial charge in [-0.25, -0.2) is 13.1 Å². The molecule has 0 aliphatic heterocycles. The highest BCUT2D eigenvalue weighted by molar-refractivity contribution is 7.88. The van der Waals surface area contributed by atoms with Crippen molar-refractivity contribution in [2.75, 3.05) is 46.6 Å². The molecule has 130 valence electrons. The molecule has 0 radical (unpaired) electrons. The maximum absolute atomic E-state index is 11.0. The average molecular weight is 342 g/mol. The molecule has 0 fully saturated rings. The van der Waals surface area contributed by atoms with Crippen LogP contribution in [0.4, 0.5) is 0 Å². The maximum atomic E-state index is 11.0. The summed E-state index contributed by atoms with van der Waals surface area (Å²) in [6, 6.07) is 9.65. The molecule has 1 rings (SSSR count). The summed E-state index contributed by atoms with van der Waals surface area (Å²) in [5.41, 5.74) is 0. The van der Waals surface area contributed by atoms with Crippen LogP contribution in [0.5, 0.6) is 5.75 Å². The van der Waals surface area contributed by atoms with Gasteiger partial charge in [0.15, 0.2) is 5.96 Å². The quantitative estimate of drug-likeness (QED) is 0.388. The number of nitrogens with one attached hydrogen (secondary N) is 2. The van der Waals surface area contributed by atoms with E-state index in [2.05, 4.69) is 15.0 Å². The van der Waals surface area contributed by atoms with E-state index in [1.165, 1.54) is 0 Å². The second-order valence-electron chi connectivity index (χ2n) is 5.08. The van der Waals surface area contributed by atoms with Gasteiger partial charge in [-0.1, -0.05) is 18.2 Å². The molecule has 0 saturated heterocycles. The van der Waals surface area contributed by atoms with E-state index in [1.54, 1.807) is 7.05 Å². The Kier molecular flexibility index (Phi) is 8.42. The van der Waals surface area contributed by atoms with E-state index >= 15 is 0 Å². The molecule has 0 aliphatic rings. The number of nitrogens with zero attached hydrogens (tertiary/aromatic N) is 2. The van der Waals surface area contributed by atoms with Gasteiger partial charge in [0, 0.05) is 27.2 Å². The predicted octanol–water partition coefficient (Wildman–Crippen LogP) is 0.512.